The molecule has 1 aliphatic rings. The molecule has 6 nitrogen and oxygen atoms in total. The van der Waals surface area contributed by atoms with Gasteiger partial charge < -0.3 is 9.64 Å². The fourth-order valence-electron chi connectivity index (χ4n) is 3.00. The quantitative estimate of drug-likeness (QED) is 0.595. The maximum atomic E-state index is 12.6. The van der Waals surface area contributed by atoms with Gasteiger partial charge in [0.25, 0.3) is 11.1 Å². The summed E-state index contributed by atoms with van der Waals surface area (Å²) in [6.45, 7) is 5.06. The van der Waals surface area contributed by atoms with E-state index in [-0.39, 0.29) is 12.5 Å². The van der Waals surface area contributed by atoms with Crippen molar-refractivity contribution in [1.82, 2.24) is 9.80 Å². The minimum Gasteiger partial charge on any atom is -0.489 e. The smallest absolute Gasteiger partial charge is 0.294 e. The summed E-state index contributed by atoms with van der Waals surface area (Å²) >= 11 is 0.854. The summed E-state index contributed by atoms with van der Waals surface area (Å²) in [6.07, 6.45) is 1.66. The molecule has 3 rings (SSSR count). The first-order chi connectivity index (χ1) is 14.5. The number of likely N-dealkylation sites (N-methyl/N-ethyl adjacent to an activating group) is 1. The maximum Gasteiger partial charge on any atom is 0.294 e. The van der Waals surface area contributed by atoms with E-state index in [9.17, 15) is 14.4 Å². The highest BCUT2D eigenvalue weighted by Gasteiger charge is 2.36. The predicted octanol–water partition coefficient (Wildman–Crippen LogP) is 4.17. The molecule has 0 aliphatic carbocycles. The van der Waals surface area contributed by atoms with Crippen LogP contribution in [0.1, 0.15) is 25.0 Å². The number of carbonyl (C=O) groups is 3. The second-order valence-corrected chi connectivity index (χ2v) is 7.67. The zero-order valence-corrected chi connectivity index (χ0v) is 17.9. The number of benzene rings is 2. The number of imide groups is 1. The average molecular weight is 425 g/mol. The molecule has 1 fully saturated rings. The Morgan fingerprint density at radius 3 is 2.33 bits per heavy atom. The Labute approximate surface area is 180 Å². The summed E-state index contributed by atoms with van der Waals surface area (Å²) in [4.78, 5) is 40.0. The first kappa shape index (κ1) is 21.6. The summed E-state index contributed by atoms with van der Waals surface area (Å²) in [5.74, 6) is 0.0484. The lowest BCUT2D eigenvalue weighted by molar-refractivity contribution is -0.135. The molecule has 2 aromatic carbocycles. The first-order valence-corrected chi connectivity index (χ1v) is 10.6. The Hall–Kier alpha value is -3.06. The maximum absolute atomic E-state index is 12.6. The van der Waals surface area contributed by atoms with Crippen molar-refractivity contribution in [3.05, 3.63) is 70.6 Å². The average Bonchev–Trinajstić information content (AvgIpc) is 3.02. The number of ether oxygens (including phenoxy) is 1. The number of carbonyl (C=O) groups excluding carboxylic acids is 3. The number of rotatable bonds is 8. The Bertz CT molecular complexity index is 937. The molecule has 0 radical (unpaired) electrons. The monoisotopic (exact) mass is 424 g/mol. The summed E-state index contributed by atoms with van der Waals surface area (Å²) in [5, 5.41) is -0.422. The van der Waals surface area contributed by atoms with E-state index in [0.717, 1.165) is 27.8 Å². The summed E-state index contributed by atoms with van der Waals surface area (Å²) in [6, 6.07) is 17.2. The van der Waals surface area contributed by atoms with Crippen molar-refractivity contribution in [1.29, 1.82) is 0 Å². The molecular weight excluding hydrogens is 400 g/mol. The minimum atomic E-state index is -0.435. The van der Waals surface area contributed by atoms with Crippen LogP contribution in [0.15, 0.2) is 59.5 Å². The van der Waals surface area contributed by atoms with Crippen LogP contribution in [0.25, 0.3) is 6.08 Å². The molecule has 0 aromatic heterocycles. The van der Waals surface area contributed by atoms with Crippen LogP contribution < -0.4 is 4.74 Å². The van der Waals surface area contributed by atoms with Crippen molar-refractivity contribution in [2.45, 2.75) is 20.5 Å². The topological polar surface area (TPSA) is 66.9 Å². The van der Waals surface area contributed by atoms with Crippen LogP contribution in [0.2, 0.25) is 0 Å². The van der Waals surface area contributed by atoms with Crippen LogP contribution >= 0.6 is 11.8 Å². The van der Waals surface area contributed by atoms with Gasteiger partial charge in [0.2, 0.25) is 5.91 Å². The van der Waals surface area contributed by atoms with Gasteiger partial charge >= 0.3 is 0 Å². The molecule has 2 aromatic rings. The molecule has 0 atom stereocenters. The van der Waals surface area contributed by atoms with Crippen LogP contribution in [0.4, 0.5) is 4.79 Å². The van der Waals surface area contributed by atoms with Gasteiger partial charge in [-0.3, -0.25) is 19.3 Å². The van der Waals surface area contributed by atoms with Crippen molar-refractivity contribution in [2.24, 2.45) is 0 Å². The molecule has 156 valence electrons. The molecule has 0 unspecified atom stereocenters. The Morgan fingerprint density at radius 1 is 1.03 bits per heavy atom. The van der Waals surface area contributed by atoms with Gasteiger partial charge in [0.1, 0.15) is 18.9 Å². The Balaban J connectivity index is 1.63. The van der Waals surface area contributed by atoms with Gasteiger partial charge in [-0.1, -0.05) is 42.5 Å². The molecule has 0 saturated carbocycles. The molecule has 1 heterocycles. The summed E-state index contributed by atoms with van der Waals surface area (Å²) in [5.41, 5.74) is 1.86. The van der Waals surface area contributed by atoms with E-state index < -0.39 is 11.1 Å². The highest BCUT2D eigenvalue weighted by atomic mass is 32.2. The molecule has 1 saturated heterocycles. The fraction of sp³-hybridized carbons (Fsp3) is 0.261. The third-order valence-corrected chi connectivity index (χ3v) is 5.62. The molecule has 3 amide bonds. The summed E-state index contributed by atoms with van der Waals surface area (Å²) < 4.78 is 5.76. The number of nitrogens with zero attached hydrogens (tertiary/aromatic N) is 2. The van der Waals surface area contributed by atoms with E-state index in [4.69, 9.17) is 4.74 Å². The van der Waals surface area contributed by atoms with E-state index in [1.165, 1.54) is 0 Å². The van der Waals surface area contributed by atoms with Gasteiger partial charge in [-0.05, 0) is 54.9 Å². The fourth-order valence-corrected chi connectivity index (χ4v) is 3.84. The van der Waals surface area contributed by atoms with Crippen molar-refractivity contribution in [3.8, 4) is 5.75 Å². The van der Waals surface area contributed by atoms with Crippen LogP contribution in [-0.2, 0) is 16.2 Å². The lowest BCUT2D eigenvalue weighted by Crippen LogP contribution is -2.41. The summed E-state index contributed by atoms with van der Waals surface area (Å²) in [7, 11) is 0. The second kappa shape index (κ2) is 10.1. The first-order valence-electron chi connectivity index (χ1n) is 9.81. The standard InChI is InChI=1S/C23H24N2O4S/c1-3-24(4-2)21(26)15-25-22(27)20(30-23(25)28)14-17-10-12-19(13-11-17)29-16-18-8-6-5-7-9-18/h5-14H,3-4,15-16H2,1-2H3/b20-14-. The van der Waals surface area contributed by atoms with E-state index >= 15 is 0 Å². The van der Waals surface area contributed by atoms with Crippen molar-refractivity contribution in [3.63, 3.8) is 0 Å². The molecular formula is C23H24N2O4S. The zero-order chi connectivity index (χ0) is 21.5. The van der Waals surface area contributed by atoms with Crippen LogP contribution in [0, 0.1) is 0 Å². The van der Waals surface area contributed by atoms with E-state index in [1.807, 2.05) is 68.4 Å². The number of amides is 3. The van der Waals surface area contributed by atoms with Crippen LogP contribution in [-0.4, -0.2) is 46.5 Å². The van der Waals surface area contributed by atoms with Crippen molar-refractivity contribution in [2.75, 3.05) is 19.6 Å². The van der Waals surface area contributed by atoms with Crippen molar-refractivity contribution < 1.29 is 19.1 Å². The Kier molecular flexibility index (Phi) is 7.30. The highest BCUT2D eigenvalue weighted by Crippen LogP contribution is 2.32. The van der Waals surface area contributed by atoms with Gasteiger partial charge in [0.15, 0.2) is 0 Å². The second-order valence-electron chi connectivity index (χ2n) is 6.68. The molecule has 0 bridgehead atoms. The number of thioether (sulfide) groups is 1. The van der Waals surface area contributed by atoms with E-state index in [0.29, 0.717) is 30.4 Å². The highest BCUT2D eigenvalue weighted by molar-refractivity contribution is 8.18. The van der Waals surface area contributed by atoms with Crippen LogP contribution in [0.5, 0.6) is 5.75 Å². The SMILES string of the molecule is CCN(CC)C(=O)CN1C(=O)S/C(=C\c2ccc(OCc3ccccc3)cc2)C1=O. The number of hydrogen-bond donors (Lipinski definition) is 0. The molecule has 30 heavy (non-hydrogen) atoms. The van der Waals surface area contributed by atoms with Crippen LogP contribution in [0.3, 0.4) is 0 Å². The molecule has 1 aliphatic heterocycles. The zero-order valence-electron chi connectivity index (χ0n) is 17.0. The molecule has 7 heteroatoms. The molecule has 0 N–H and O–H groups in total. The van der Waals surface area contributed by atoms with Gasteiger partial charge in [-0.15, -0.1) is 0 Å². The third-order valence-electron chi connectivity index (χ3n) is 4.71. The largest absolute Gasteiger partial charge is 0.489 e. The normalized spacial score (nSPS) is 15.0. The van der Waals surface area contributed by atoms with Gasteiger partial charge in [0.05, 0.1) is 4.91 Å². The minimum absolute atomic E-state index is 0.226. The lowest BCUT2D eigenvalue weighted by Gasteiger charge is -2.21. The number of hydrogen-bond acceptors (Lipinski definition) is 5. The van der Waals surface area contributed by atoms with Crippen molar-refractivity contribution >= 4 is 34.9 Å². The van der Waals surface area contributed by atoms with Gasteiger partial charge in [-0.2, -0.15) is 0 Å². The van der Waals surface area contributed by atoms with Gasteiger partial charge in [-0.25, -0.2) is 0 Å². The Morgan fingerprint density at radius 2 is 1.70 bits per heavy atom. The third kappa shape index (κ3) is 5.30. The molecule has 0 spiro atoms. The van der Waals surface area contributed by atoms with Gasteiger partial charge in [0, 0.05) is 13.1 Å². The van der Waals surface area contributed by atoms with E-state index in [2.05, 4.69) is 0 Å². The van der Waals surface area contributed by atoms with E-state index in [1.54, 1.807) is 11.0 Å². The lowest BCUT2D eigenvalue weighted by atomic mass is 10.2. The predicted molar refractivity (Wildman–Crippen MR) is 118 cm³/mol.